The third-order valence-electron chi connectivity index (χ3n) is 14.7. The van der Waals surface area contributed by atoms with Crippen molar-refractivity contribution < 1.29 is 32.9 Å². The van der Waals surface area contributed by atoms with Crippen molar-refractivity contribution in [2.24, 2.45) is 0 Å². The molecule has 0 rings (SSSR count). The molecular formula is C73H130N2O6P+. The summed E-state index contributed by atoms with van der Waals surface area (Å²) in [5.41, 5.74) is 0. The fourth-order valence-corrected chi connectivity index (χ4v) is 10.2. The zero-order valence-electron chi connectivity index (χ0n) is 53.9. The first-order valence-corrected chi connectivity index (χ1v) is 35.4. The minimum Gasteiger partial charge on any atom is -0.387 e. The quantitative estimate of drug-likeness (QED) is 0.0243. The number of likely N-dealkylation sites (N-methyl/N-ethyl adjacent to an activating group) is 1. The number of quaternary nitrogens is 1. The minimum absolute atomic E-state index is 0.0500. The zero-order valence-corrected chi connectivity index (χ0v) is 54.8. The van der Waals surface area contributed by atoms with Crippen molar-refractivity contribution in [2.75, 3.05) is 40.9 Å². The van der Waals surface area contributed by atoms with E-state index >= 15 is 0 Å². The first kappa shape index (κ1) is 78.9. The maximum atomic E-state index is 13.0. The Kier molecular flexibility index (Phi) is 60.1. The molecule has 82 heavy (non-hydrogen) atoms. The first-order valence-electron chi connectivity index (χ1n) is 33.9. The monoisotopic (exact) mass is 1160 g/mol. The highest BCUT2D eigenvalue weighted by atomic mass is 31.2. The third kappa shape index (κ3) is 64.5. The number of phosphoric acid groups is 1. The van der Waals surface area contributed by atoms with Crippen molar-refractivity contribution in [2.45, 2.75) is 296 Å². The van der Waals surface area contributed by atoms with Crippen molar-refractivity contribution in [3.05, 3.63) is 122 Å². The molecule has 472 valence electrons. The van der Waals surface area contributed by atoms with Crippen LogP contribution in [0.5, 0.6) is 0 Å². The van der Waals surface area contributed by atoms with Gasteiger partial charge in [0, 0.05) is 6.42 Å². The molecule has 3 N–H and O–H groups in total. The molecule has 0 aromatic heterocycles. The summed E-state index contributed by atoms with van der Waals surface area (Å²) in [7, 11) is 1.54. The first-order chi connectivity index (χ1) is 40.0. The fraction of sp³-hybridized carbons (Fsp3) is 0.712. The summed E-state index contributed by atoms with van der Waals surface area (Å²) in [6.07, 6.45) is 93.3. The molecule has 0 spiro atoms. The van der Waals surface area contributed by atoms with E-state index in [0.717, 1.165) is 96.3 Å². The van der Waals surface area contributed by atoms with Crippen LogP contribution in [0.1, 0.15) is 284 Å². The summed E-state index contributed by atoms with van der Waals surface area (Å²) in [5, 5.41) is 14.0. The van der Waals surface area contributed by atoms with Crippen LogP contribution in [0.3, 0.4) is 0 Å². The maximum absolute atomic E-state index is 13.0. The molecule has 0 aromatic rings. The Morgan fingerprint density at radius 1 is 0.427 bits per heavy atom. The predicted octanol–water partition coefficient (Wildman–Crippen LogP) is 21.7. The normalized spacial score (nSPS) is 14.5. The van der Waals surface area contributed by atoms with Crippen LogP contribution in [0.25, 0.3) is 0 Å². The lowest BCUT2D eigenvalue weighted by Gasteiger charge is -2.25. The van der Waals surface area contributed by atoms with Crippen LogP contribution < -0.4 is 5.32 Å². The van der Waals surface area contributed by atoms with Crippen LogP contribution in [0.2, 0.25) is 0 Å². The Hall–Kier alpha value is -3.10. The van der Waals surface area contributed by atoms with Crippen LogP contribution >= 0.6 is 7.82 Å². The van der Waals surface area contributed by atoms with E-state index < -0.39 is 20.0 Å². The molecule has 0 aliphatic carbocycles. The zero-order chi connectivity index (χ0) is 59.8. The fourth-order valence-electron chi connectivity index (χ4n) is 9.43. The van der Waals surface area contributed by atoms with E-state index in [1.54, 1.807) is 6.08 Å². The molecule has 0 aliphatic heterocycles. The number of nitrogens with one attached hydrogen (secondary N) is 1. The molecule has 0 radical (unpaired) electrons. The summed E-state index contributed by atoms with van der Waals surface area (Å²) >= 11 is 0. The molecule has 1 amide bonds. The summed E-state index contributed by atoms with van der Waals surface area (Å²) in [4.78, 5) is 23.4. The number of amides is 1. The SMILES string of the molecule is CC/C=C\C/C=C\C/C=C\C/C=C\C/C=C\C/C=C\C/C=C\C/C=C\CCCCCCCCCCCCC(=O)NC(COP(=O)(O)OCC[N+](C)(C)C)C(O)/C=C/CC/C=C/CCCCCCCCCCCCCCCCCCCCC. The summed E-state index contributed by atoms with van der Waals surface area (Å²) in [5.74, 6) is -0.194. The van der Waals surface area contributed by atoms with Crippen LogP contribution in [0.15, 0.2) is 122 Å². The number of allylic oxidation sites excluding steroid dienone is 19. The number of phosphoric ester groups is 1. The van der Waals surface area contributed by atoms with Crippen molar-refractivity contribution in [3.63, 3.8) is 0 Å². The molecular weight excluding hydrogens is 1030 g/mol. The van der Waals surface area contributed by atoms with Gasteiger partial charge in [-0.05, 0) is 96.3 Å². The van der Waals surface area contributed by atoms with Gasteiger partial charge < -0.3 is 19.8 Å². The highest BCUT2D eigenvalue weighted by Crippen LogP contribution is 2.43. The smallest absolute Gasteiger partial charge is 0.387 e. The van der Waals surface area contributed by atoms with E-state index in [-0.39, 0.29) is 19.1 Å². The van der Waals surface area contributed by atoms with Gasteiger partial charge in [0.2, 0.25) is 5.91 Å². The number of nitrogens with zero attached hydrogens (tertiary/aromatic N) is 1. The van der Waals surface area contributed by atoms with E-state index in [9.17, 15) is 19.4 Å². The number of aliphatic hydroxyl groups is 1. The van der Waals surface area contributed by atoms with Crippen molar-refractivity contribution in [1.82, 2.24) is 5.32 Å². The Labute approximate surface area is 507 Å². The van der Waals surface area contributed by atoms with E-state index in [2.05, 4.69) is 129 Å². The summed E-state index contributed by atoms with van der Waals surface area (Å²) in [6, 6.07) is -0.876. The highest BCUT2D eigenvalue weighted by Gasteiger charge is 2.28. The summed E-state index contributed by atoms with van der Waals surface area (Å²) < 4.78 is 23.8. The van der Waals surface area contributed by atoms with Gasteiger partial charge in [-0.25, -0.2) is 4.57 Å². The molecule has 9 heteroatoms. The van der Waals surface area contributed by atoms with Gasteiger partial charge in [0.1, 0.15) is 13.2 Å². The van der Waals surface area contributed by atoms with E-state index in [0.29, 0.717) is 17.4 Å². The lowest BCUT2D eigenvalue weighted by atomic mass is 10.0. The maximum Gasteiger partial charge on any atom is 0.472 e. The molecule has 0 fully saturated rings. The second-order valence-corrected chi connectivity index (χ2v) is 25.3. The Balaban J connectivity index is 4.18. The molecule has 3 unspecified atom stereocenters. The molecule has 0 bridgehead atoms. The Morgan fingerprint density at radius 2 is 0.744 bits per heavy atom. The second-order valence-electron chi connectivity index (χ2n) is 23.8. The molecule has 8 nitrogen and oxygen atoms in total. The average Bonchev–Trinajstić information content (AvgIpc) is 3.45. The van der Waals surface area contributed by atoms with Gasteiger partial charge >= 0.3 is 7.82 Å². The van der Waals surface area contributed by atoms with Crippen molar-refractivity contribution in [3.8, 4) is 0 Å². The second kappa shape index (κ2) is 62.4. The van der Waals surface area contributed by atoms with E-state index in [1.165, 1.54) is 167 Å². The van der Waals surface area contributed by atoms with Gasteiger partial charge in [-0.2, -0.15) is 0 Å². The number of unbranched alkanes of at least 4 members (excludes halogenated alkanes) is 30. The number of aliphatic hydroxyl groups excluding tert-OH is 1. The number of carbonyl (C=O) groups is 1. The van der Waals surface area contributed by atoms with Crippen molar-refractivity contribution in [1.29, 1.82) is 0 Å². The van der Waals surface area contributed by atoms with Gasteiger partial charge in [0.15, 0.2) is 0 Å². The molecule has 3 atom stereocenters. The van der Waals surface area contributed by atoms with E-state index in [4.69, 9.17) is 9.05 Å². The van der Waals surface area contributed by atoms with Gasteiger partial charge in [0.25, 0.3) is 0 Å². The third-order valence-corrected chi connectivity index (χ3v) is 15.6. The van der Waals surface area contributed by atoms with Crippen LogP contribution in [0.4, 0.5) is 0 Å². The number of hydrogen-bond donors (Lipinski definition) is 3. The Bertz CT molecular complexity index is 1750. The number of hydrogen-bond acceptors (Lipinski definition) is 5. The van der Waals surface area contributed by atoms with E-state index in [1.807, 2.05) is 27.2 Å². The van der Waals surface area contributed by atoms with Crippen LogP contribution in [-0.2, 0) is 18.4 Å². The van der Waals surface area contributed by atoms with Gasteiger partial charge in [0.05, 0.1) is 39.9 Å². The largest absolute Gasteiger partial charge is 0.472 e. The van der Waals surface area contributed by atoms with Crippen LogP contribution in [0, 0.1) is 0 Å². The molecule has 0 heterocycles. The highest BCUT2D eigenvalue weighted by molar-refractivity contribution is 7.47. The minimum atomic E-state index is -4.37. The molecule has 0 aromatic carbocycles. The lowest BCUT2D eigenvalue weighted by Crippen LogP contribution is -2.45. The Morgan fingerprint density at radius 3 is 1.12 bits per heavy atom. The molecule has 0 aliphatic rings. The van der Waals surface area contributed by atoms with Gasteiger partial charge in [-0.1, -0.05) is 302 Å². The number of carbonyl (C=O) groups excluding carboxylic acids is 1. The number of rotatable bonds is 61. The topological polar surface area (TPSA) is 105 Å². The van der Waals surface area contributed by atoms with Gasteiger partial charge in [-0.15, -0.1) is 0 Å². The molecule has 0 saturated carbocycles. The predicted molar refractivity (Wildman–Crippen MR) is 359 cm³/mol. The standard InChI is InChI=1S/C73H129N2O6P/c1-6-8-10-12-14-16-18-20-22-24-26-28-30-32-33-34-35-36-37-38-39-40-41-43-45-47-49-51-53-55-57-59-61-63-65-67-73(77)74-71(70-81-82(78,79)80-69-68-75(3,4)5)72(76)66-64-62-60-58-56-54-52-50-48-46-44-42-31-29-27-25-23-21-19-17-15-13-11-9-7-2/h8,10,14,16,20,22,26,28,32-33,35-36,38-39,41,43,56,58,64,66,71-72,76H,6-7,9,11-13,15,17-19,21,23-25,27,29-31,34,37,40,42,44-55,57,59-63,65,67-70H2,1-5H3,(H-,74,77,78,79)/p+1/b10-8-,16-14-,22-20-,28-26-,33-32-,36-35-,39-38-,43-41-,58-56+,66-64+. The average molecular weight is 1160 g/mol. The van der Waals surface area contributed by atoms with Crippen LogP contribution in [-0.4, -0.2) is 73.4 Å². The summed E-state index contributed by atoms with van der Waals surface area (Å²) in [6.45, 7) is 4.69. The van der Waals surface area contributed by atoms with Crippen molar-refractivity contribution >= 4 is 13.7 Å². The van der Waals surface area contributed by atoms with Gasteiger partial charge in [-0.3, -0.25) is 13.8 Å². The molecule has 0 saturated heterocycles. The lowest BCUT2D eigenvalue weighted by molar-refractivity contribution is -0.870.